The average molecular weight is 298 g/mol. The Balaban J connectivity index is 1.96. The van der Waals surface area contributed by atoms with Crippen molar-refractivity contribution in [2.24, 2.45) is 0 Å². The SMILES string of the molecule is CCc1cnc2sc(C(=O)Nc3ccncc3)c(N)c2c1. The van der Waals surface area contributed by atoms with Crippen LogP contribution in [0.4, 0.5) is 11.4 Å². The van der Waals surface area contributed by atoms with Gasteiger partial charge in [0.1, 0.15) is 9.71 Å². The molecule has 0 fully saturated rings. The number of amides is 1. The van der Waals surface area contributed by atoms with E-state index in [1.54, 1.807) is 24.5 Å². The summed E-state index contributed by atoms with van der Waals surface area (Å²) >= 11 is 1.31. The van der Waals surface area contributed by atoms with E-state index in [0.717, 1.165) is 22.2 Å². The highest BCUT2D eigenvalue weighted by atomic mass is 32.1. The second-order valence-corrected chi connectivity index (χ2v) is 5.58. The van der Waals surface area contributed by atoms with Gasteiger partial charge in [-0.15, -0.1) is 11.3 Å². The number of carbonyl (C=O) groups is 1. The number of fused-ring (bicyclic) bond motifs is 1. The molecule has 0 atom stereocenters. The van der Waals surface area contributed by atoms with Crippen LogP contribution in [0.5, 0.6) is 0 Å². The maximum Gasteiger partial charge on any atom is 0.267 e. The fourth-order valence-electron chi connectivity index (χ4n) is 2.03. The normalized spacial score (nSPS) is 10.7. The van der Waals surface area contributed by atoms with Gasteiger partial charge < -0.3 is 11.1 Å². The highest BCUT2D eigenvalue weighted by Crippen LogP contribution is 2.33. The zero-order valence-corrected chi connectivity index (χ0v) is 12.3. The van der Waals surface area contributed by atoms with Crippen molar-refractivity contribution in [3.8, 4) is 0 Å². The van der Waals surface area contributed by atoms with E-state index in [9.17, 15) is 4.79 Å². The van der Waals surface area contributed by atoms with Gasteiger partial charge in [-0.05, 0) is 30.2 Å². The molecular weight excluding hydrogens is 284 g/mol. The van der Waals surface area contributed by atoms with Crippen LogP contribution in [0.15, 0.2) is 36.8 Å². The predicted molar refractivity (Wildman–Crippen MR) is 85.6 cm³/mol. The fraction of sp³-hybridized carbons (Fsp3) is 0.133. The van der Waals surface area contributed by atoms with E-state index in [1.165, 1.54) is 11.3 Å². The monoisotopic (exact) mass is 298 g/mol. The Morgan fingerprint density at radius 3 is 2.86 bits per heavy atom. The molecule has 3 heterocycles. The molecule has 3 aromatic heterocycles. The maximum absolute atomic E-state index is 12.3. The molecule has 0 saturated carbocycles. The minimum absolute atomic E-state index is 0.222. The number of nitrogens with zero attached hydrogens (tertiary/aromatic N) is 2. The molecule has 0 aliphatic carbocycles. The molecule has 5 nitrogen and oxygen atoms in total. The van der Waals surface area contributed by atoms with Crippen molar-refractivity contribution < 1.29 is 4.79 Å². The lowest BCUT2D eigenvalue weighted by Crippen LogP contribution is -2.11. The van der Waals surface area contributed by atoms with Crippen LogP contribution < -0.4 is 11.1 Å². The zero-order valence-electron chi connectivity index (χ0n) is 11.5. The molecule has 0 radical (unpaired) electrons. The van der Waals surface area contributed by atoms with Crippen LogP contribution in [0.1, 0.15) is 22.2 Å². The van der Waals surface area contributed by atoms with Gasteiger partial charge in [-0.2, -0.15) is 0 Å². The molecule has 3 rings (SSSR count). The Morgan fingerprint density at radius 2 is 2.14 bits per heavy atom. The van der Waals surface area contributed by atoms with E-state index in [4.69, 9.17) is 5.73 Å². The van der Waals surface area contributed by atoms with Crippen LogP contribution in [0.2, 0.25) is 0 Å². The minimum Gasteiger partial charge on any atom is -0.397 e. The molecule has 106 valence electrons. The summed E-state index contributed by atoms with van der Waals surface area (Å²) in [6.45, 7) is 2.06. The van der Waals surface area contributed by atoms with Crippen molar-refractivity contribution in [2.75, 3.05) is 11.1 Å². The first-order chi connectivity index (χ1) is 10.2. The van der Waals surface area contributed by atoms with Crippen LogP contribution in [0, 0.1) is 0 Å². The summed E-state index contributed by atoms with van der Waals surface area (Å²) in [5.41, 5.74) is 8.40. The van der Waals surface area contributed by atoms with Crippen molar-refractivity contribution in [3.05, 3.63) is 47.2 Å². The van der Waals surface area contributed by atoms with E-state index in [2.05, 4.69) is 22.2 Å². The van der Waals surface area contributed by atoms with Crippen molar-refractivity contribution in [1.29, 1.82) is 0 Å². The van der Waals surface area contributed by atoms with E-state index in [0.29, 0.717) is 16.3 Å². The standard InChI is InChI=1S/C15H14N4OS/c1-2-9-7-11-12(16)13(21-15(11)18-8-9)14(20)19-10-3-5-17-6-4-10/h3-8H,2,16H2,1H3,(H,17,19,20). The Labute approximate surface area is 125 Å². The number of rotatable bonds is 3. The van der Waals surface area contributed by atoms with Crippen LogP contribution in [0.3, 0.4) is 0 Å². The van der Waals surface area contributed by atoms with Crippen molar-refractivity contribution in [3.63, 3.8) is 0 Å². The van der Waals surface area contributed by atoms with E-state index in [-0.39, 0.29) is 5.91 Å². The van der Waals surface area contributed by atoms with Crippen molar-refractivity contribution >= 4 is 38.8 Å². The lowest BCUT2D eigenvalue weighted by atomic mass is 10.2. The van der Waals surface area contributed by atoms with Crippen LogP contribution in [-0.4, -0.2) is 15.9 Å². The lowest BCUT2D eigenvalue weighted by molar-refractivity contribution is 0.103. The molecule has 0 unspecified atom stereocenters. The number of nitrogen functional groups attached to an aromatic ring is 1. The number of carbonyl (C=O) groups excluding carboxylic acids is 1. The summed E-state index contributed by atoms with van der Waals surface area (Å²) in [7, 11) is 0. The van der Waals surface area contributed by atoms with Gasteiger partial charge in [0, 0.05) is 29.7 Å². The number of hydrogen-bond donors (Lipinski definition) is 2. The van der Waals surface area contributed by atoms with Gasteiger partial charge >= 0.3 is 0 Å². The van der Waals surface area contributed by atoms with E-state index in [1.807, 2.05) is 12.3 Å². The smallest absolute Gasteiger partial charge is 0.267 e. The second-order valence-electron chi connectivity index (χ2n) is 4.58. The molecule has 0 aliphatic heterocycles. The number of hydrogen-bond acceptors (Lipinski definition) is 5. The summed E-state index contributed by atoms with van der Waals surface area (Å²) < 4.78 is 0. The second kappa shape index (κ2) is 5.49. The molecule has 3 N–H and O–H groups in total. The number of thiophene rings is 1. The van der Waals surface area contributed by atoms with E-state index < -0.39 is 0 Å². The number of aryl methyl sites for hydroxylation is 1. The van der Waals surface area contributed by atoms with Gasteiger partial charge in [0.15, 0.2) is 0 Å². The third kappa shape index (κ3) is 2.57. The first-order valence-corrected chi connectivity index (χ1v) is 7.39. The maximum atomic E-state index is 12.3. The largest absolute Gasteiger partial charge is 0.397 e. The number of nitrogens with one attached hydrogen (secondary N) is 1. The Bertz CT molecular complexity index is 798. The molecule has 3 aromatic rings. The van der Waals surface area contributed by atoms with Gasteiger partial charge in [-0.1, -0.05) is 6.92 Å². The zero-order chi connectivity index (χ0) is 14.8. The lowest BCUT2D eigenvalue weighted by Gasteiger charge is -2.03. The highest BCUT2D eigenvalue weighted by molar-refractivity contribution is 7.21. The average Bonchev–Trinajstić information content (AvgIpc) is 2.85. The number of pyridine rings is 2. The summed E-state index contributed by atoms with van der Waals surface area (Å²) in [4.78, 5) is 21.9. The summed E-state index contributed by atoms with van der Waals surface area (Å²) in [6.07, 6.45) is 5.96. The molecule has 6 heteroatoms. The van der Waals surface area contributed by atoms with Gasteiger partial charge in [-0.3, -0.25) is 9.78 Å². The highest BCUT2D eigenvalue weighted by Gasteiger charge is 2.17. The minimum atomic E-state index is -0.222. The topological polar surface area (TPSA) is 80.9 Å². The molecule has 21 heavy (non-hydrogen) atoms. The summed E-state index contributed by atoms with van der Waals surface area (Å²) in [5, 5.41) is 3.66. The third-order valence-corrected chi connectivity index (χ3v) is 4.32. The summed E-state index contributed by atoms with van der Waals surface area (Å²) in [5.74, 6) is -0.222. The van der Waals surface area contributed by atoms with Crippen molar-refractivity contribution in [2.45, 2.75) is 13.3 Å². The van der Waals surface area contributed by atoms with Gasteiger partial charge in [0.25, 0.3) is 5.91 Å². The van der Waals surface area contributed by atoms with Gasteiger partial charge in [0.2, 0.25) is 0 Å². The molecule has 0 aliphatic rings. The number of aromatic nitrogens is 2. The molecule has 0 bridgehead atoms. The molecule has 0 saturated heterocycles. The van der Waals surface area contributed by atoms with Crippen LogP contribution >= 0.6 is 11.3 Å². The van der Waals surface area contributed by atoms with Crippen molar-refractivity contribution in [1.82, 2.24) is 9.97 Å². The molecular formula is C15H14N4OS. The number of anilines is 2. The molecule has 0 spiro atoms. The Morgan fingerprint density at radius 1 is 1.38 bits per heavy atom. The quantitative estimate of drug-likeness (QED) is 0.778. The van der Waals surface area contributed by atoms with Gasteiger partial charge in [-0.25, -0.2) is 4.98 Å². The first-order valence-electron chi connectivity index (χ1n) is 6.57. The fourth-order valence-corrected chi connectivity index (χ4v) is 2.97. The summed E-state index contributed by atoms with van der Waals surface area (Å²) in [6, 6.07) is 5.46. The predicted octanol–water partition coefficient (Wildman–Crippen LogP) is 3.09. The molecule has 1 amide bonds. The Hall–Kier alpha value is -2.47. The van der Waals surface area contributed by atoms with E-state index >= 15 is 0 Å². The Kier molecular flexibility index (Phi) is 3.53. The number of nitrogens with two attached hydrogens (primary N) is 1. The molecule has 0 aromatic carbocycles. The third-order valence-electron chi connectivity index (χ3n) is 3.19. The van der Waals surface area contributed by atoms with Crippen LogP contribution in [-0.2, 0) is 6.42 Å². The first kappa shape index (κ1) is 13.5. The van der Waals surface area contributed by atoms with Crippen LogP contribution in [0.25, 0.3) is 10.2 Å². The van der Waals surface area contributed by atoms with Gasteiger partial charge in [0.05, 0.1) is 5.69 Å².